The number of aromatic nitrogens is 2. The summed E-state index contributed by atoms with van der Waals surface area (Å²) in [4.78, 5) is 26.6. The summed E-state index contributed by atoms with van der Waals surface area (Å²) in [5.41, 5.74) is 0.988. The molecule has 7 nitrogen and oxygen atoms in total. The molecule has 1 aromatic heterocycles. The van der Waals surface area contributed by atoms with Gasteiger partial charge in [-0.05, 0) is 24.8 Å². The van der Waals surface area contributed by atoms with E-state index in [2.05, 4.69) is 10.4 Å². The van der Waals surface area contributed by atoms with E-state index in [1.54, 1.807) is 6.20 Å². The van der Waals surface area contributed by atoms with Gasteiger partial charge in [-0.2, -0.15) is 5.10 Å². The number of amides is 2. The summed E-state index contributed by atoms with van der Waals surface area (Å²) in [6.45, 7) is 7.19. The van der Waals surface area contributed by atoms with E-state index in [1.165, 1.54) is 0 Å². The first-order chi connectivity index (χ1) is 12.0. The van der Waals surface area contributed by atoms with Crippen LogP contribution in [-0.2, 0) is 20.9 Å². The van der Waals surface area contributed by atoms with E-state index >= 15 is 0 Å². The highest BCUT2D eigenvalue weighted by atomic mass is 16.5. The number of nitrogens with zero attached hydrogens (tertiary/aromatic N) is 3. The Bertz CT molecular complexity index is 607. The Balaban J connectivity index is 1.58. The molecule has 0 aromatic carbocycles. The van der Waals surface area contributed by atoms with Crippen LogP contribution < -0.4 is 5.32 Å². The summed E-state index contributed by atoms with van der Waals surface area (Å²) in [6.07, 6.45) is 4.10. The lowest BCUT2D eigenvalue weighted by molar-refractivity contribution is -0.137. The van der Waals surface area contributed by atoms with E-state index in [1.807, 2.05) is 29.5 Å². The standard InChI is InChI=1S/C18H28N4O3/c1-13(2)18(24)21-11-15-3-6-20-22(15)16(12-21)9-17(23)19-10-14-4-7-25-8-5-14/h3,6,13-14,16H,4-5,7-12H2,1-2H3,(H,19,23). The fourth-order valence-corrected chi connectivity index (χ4v) is 3.57. The largest absolute Gasteiger partial charge is 0.381 e. The highest BCUT2D eigenvalue weighted by molar-refractivity contribution is 5.79. The quantitative estimate of drug-likeness (QED) is 0.872. The lowest BCUT2D eigenvalue weighted by Crippen LogP contribution is -2.44. The van der Waals surface area contributed by atoms with Crippen LogP contribution in [0.4, 0.5) is 0 Å². The molecule has 2 aliphatic rings. The summed E-state index contributed by atoms with van der Waals surface area (Å²) >= 11 is 0. The number of nitrogens with one attached hydrogen (secondary N) is 1. The first-order valence-electron chi connectivity index (χ1n) is 9.20. The highest BCUT2D eigenvalue weighted by Gasteiger charge is 2.30. The van der Waals surface area contributed by atoms with Gasteiger partial charge in [-0.15, -0.1) is 0 Å². The molecule has 0 bridgehead atoms. The molecule has 7 heteroatoms. The van der Waals surface area contributed by atoms with Gasteiger partial charge >= 0.3 is 0 Å². The van der Waals surface area contributed by atoms with Crippen molar-refractivity contribution in [3.63, 3.8) is 0 Å². The van der Waals surface area contributed by atoms with Gasteiger partial charge in [0.1, 0.15) is 0 Å². The molecule has 1 N–H and O–H groups in total. The summed E-state index contributed by atoms with van der Waals surface area (Å²) in [5, 5.41) is 7.41. The highest BCUT2D eigenvalue weighted by Crippen LogP contribution is 2.24. The fraction of sp³-hybridized carbons (Fsp3) is 0.722. The van der Waals surface area contributed by atoms with Crippen LogP contribution >= 0.6 is 0 Å². The molecular formula is C18H28N4O3. The predicted octanol–water partition coefficient (Wildman–Crippen LogP) is 1.36. The Morgan fingerprint density at radius 1 is 1.36 bits per heavy atom. The summed E-state index contributed by atoms with van der Waals surface area (Å²) in [6, 6.07) is 1.82. The van der Waals surface area contributed by atoms with E-state index in [0.717, 1.165) is 31.7 Å². The second-order valence-corrected chi connectivity index (χ2v) is 7.36. The molecule has 1 unspecified atom stereocenters. The van der Waals surface area contributed by atoms with Crippen LogP contribution in [0.2, 0.25) is 0 Å². The van der Waals surface area contributed by atoms with Crippen LogP contribution in [0.3, 0.4) is 0 Å². The van der Waals surface area contributed by atoms with Crippen molar-refractivity contribution in [3.8, 4) is 0 Å². The minimum absolute atomic E-state index is 0.0248. The molecule has 0 radical (unpaired) electrons. The molecule has 3 heterocycles. The molecule has 0 aliphatic carbocycles. The van der Waals surface area contributed by atoms with Crippen molar-refractivity contribution in [2.75, 3.05) is 26.3 Å². The molecular weight excluding hydrogens is 320 g/mol. The van der Waals surface area contributed by atoms with Crippen LogP contribution in [0.25, 0.3) is 0 Å². The minimum Gasteiger partial charge on any atom is -0.381 e. The van der Waals surface area contributed by atoms with Gasteiger partial charge in [0.2, 0.25) is 11.8 Å². The number of ether oxygens (including phenoxy) is 1. The Labute approximate surface area is 148 Å². The topological polar surface area (TPSA) is 76.5 Å². The SMILES string of the molecule is CC(C)C(=O)N1Cc2ccnn2C(CC(=O)NCC2CCOCC2)C1. The Morgan fingerprint density at radius 3 is 2.84 bits per heavy atom. The second kappa shape index (κ2) is 7.99. The third-order valence-electron chi connectivity index (χ3n) is 5.04. The van der Waals surface area contributed by atoms with Gasteiger partial charge in [-0.1, -0.05) is 13.8 Å². The Kier molecular flexibility index (Phi) is 5.73. The number of hydrogen-bond acceptors (Lipinski definition) is 4. The molecule has 0 saturated carbocycles. The van der Waals surface area contributed by atoms with Crippen LogP contribution in [0.5, 0.6) is 0 Å². The molecule has 2 amide bonds. The molecule has 1 aromatic rings. The van der Waals surface area contributed by atoms with Gasteiger partial charge in [0.15, 0.2) is 0 Å². The van der Waals surface area contributed by atoms with E-state index in [-0.39, 0.29) is 23.8 Å². The molecule has 1 fully saturated rings. The predicted molar refractivity (Wildman–Crippen MR) is 92.7 cm³/mol. The van der Waals surface area contributed by atoms with Gasteiger partial charge in [-0.3, -0.25) is 14.3 Å². The zero-order valence-corrected chi connectivity index (χ0v) is 15.1. The van der Waals surface area contributed by atoms with Gasteiger partial charge < -0.3 is 15.0 Å². The average Bonchev–Trinajstić information content (AvgIpc) is 3.09. The summed E-state index contributed by atoms with van der Waals surface area (Å²) in [7, 11) is 0. The van der Waals surface area contributed by atoms with Crippen LogP contribution in [0, 0.1) is 11.8 Å². The van der Waals surface area contributed by atoms with Gasteiger partial charge in [0, 0.05) is 38.4 Å². The average molecular weight is 348 g/mol. The summed E-state index contributed by atoms with van der Waals surface area (Å²) in [5.74, 6) is 0.609. The van der Waals surface area contributed by atoms with Crippen molar-refractivity contribution in [1.82, 2.24) is 20.0 Å². The van der Waals surface area contributed by atoms with E-state index in [0.29, 0.717) is 32.0 Å². The molecule has 1 atom stereocenters. The van der Waals surface area contributed by atoms with Crippen molar-refractivity contribution >= 4 is 11.8 Å². The van der Waals surface area contributed by atoms with Crippen molar-refractivity contribution in [2.45, 2.75) is 45.7 Å². The maximum absolute atomic E-state index is 12.4. The number of carbonyl (C=O) groups excluding carboxylic acids is 2. The Morgan fingerprint density at radius 2 is 2.12 bits per heavy atom. The Hall–Kier alpha value is -1.89. The van der Waals surface area contributed by atoms with Crippen molar-refractivity contribution in [3.05, 3.63) is 18.0 Å². The van der Waals surface area contributed by atoms with Crippen LogP contribution in [0.15, 0.2) is 12.3 Å². The van der Waals surface area contributed by atoms with E-state index < -0.39 is 0 Å². The normalized spacial score (nSPS) is 21.2. The third-order valence-corrected chi connectivity index (χ3v) is 5.04. The molecule has 0 spiro atoms. The van der Waals surface area contributed by atoms with Gasteiger partial charge in [-0.25, -0.2) is 0 Å². The molecule has 25 heavy (non-hydrogen) atoms. The molecule has 138 valence electrons. The maximum atomic E-state index is 12.4. The van der Waals surface area contributed by atoms with Crippen molar-refractivity contribution in [2.24, 2.45) is 11.8 Å². The van der Waals surface area contributed by atoms with Crippen molar-refractivity contribution < 1.29 is 14.3 Å². The van der Waals surface area contributed by atoms with Gasteiger partial charge in [0.05, 0.1) is 24.7 Å². The second-order valence-electron chi connectivity index (χ2n) is 7.36. The smallest absolute Gasteiger partial charge is 0.225 e. The van der Waals surface area contributed by atoms with Crippen LogP contribution in [-0.4, -0.2) is 52.8 Å². The zero-order valence-electron chi connectivity index (χ0n) is 15.1. The number of hydrogen-bond donors (Lipinski definition) is 1. The minimum atomic E-state index is -0.101. The van der Waals surface area contributed by atoms with Crippen LogP contribution in [0.1, 0.15) is 44.8 Å². The molecule has 2 aliphatic heterocycles. The first-order valence-corrected chi connectivity index (χ1v) is 9.20. The van der Waals surface area contributed by atoms with Crippen molar-refractivity contribution in [1.29, 1.82) is 0 Å². The number of fused-ring (bicyclic) bond motifs is 1. The first kappa shape index (κ1) is 17.9. The third kappa shape index (κ3) is 4.39. The van der Waals surface area contributed by atoms with E-state index in [9.17, 15) is 9.59 Å². The molecule has 3 rings (SSSR count). The number of rotatable bonds is 5. The summed E-state index contributed by atoms with van der Waals surface area (Å²) < 4.78 is 7.25. The maximum Gasteiger partial charge on any atom is 0.225 e. The monoisotopic (exact) mass is 348 g/mol. The number of carbonyl (C=O) groups is 2. The lowest BCUT2D eigenvalue weighted by Gasteiger charge is -2.34. The lowest BCUT2D eigenvalue weighted by atomic mass is 10.0. The fourth-order valence-electron chi connectivity index (χ4n) is 3.57. The van der Waals surface area contributed by atoms with E-state index in [4.69, 9.17) is 4.74 Å². The van der Waals surface area contributed by atoms with Gasteiger partial charge in [0.25, 0.3) is 0 Å². The zero-order chi connectivity index (χ0) is 17.8. The molecule has 1 saturated heterocycles.